The molecule has 2 aromatic carbocycles. The molecular weight excluding hydrogens is 348 g/mol. The first-order valence-corrected chi connectivity index (χ1v) is 9.11. The quantitative estimate of drug-likeness (QED) is 0.871. The first kappa shape index (κ1) is 19.3. The van der Waals surface area contributed by atoms with Crippen molar-refractivity contribution >= 4 is 11.6 Å². The summed E-state index contributed by atoms with van der Waals surface area (Å²) in [7, 11) is 3.51. The first-order chi connectivity index (χ1) is 12.9. The third-order valence-corrected chi connectivity index (χ3v) is 4.93. The largest absolute Gasteiger partial charge is 0.370 e. The Balaban J connectivity index is 1.82. The Bertz CT molecular complexity index is 797. The van der Waals surface area contributed by atoms with Gasteiger partial charge in [-0.15, -0.1) is 0 Å². The molecule has 0 spiro atoms. The fourth-order valence-electron chi connectivity index (χ4n) is 3.73. The molecule has 1 aliphatic heterocycles. The highest BCUT2D eigenvalue weighted by Gasteiger charge is 2.43. The van der Waals surface area contributed by atoms with Crippen LogP contribution in [0.2, 0.25) is 0 Å². The predicted octanol–water partition coefficient (Wildman–Crippen LogP) is 3.50. The molecule has 1 atom stereocenters. The molecule has 0 radical (unpaired) electrons. The fraction of sp³-hybridized carbons (Fsp3) is 0.381. The summed E-state index contributed by atoms with van der Waals surface area (Å²) in [4.78, 5) is 16.8. The lowest BCUT2D eigenvalue weighted by atomic mass is 9.86. The smallest absolute Gasteiger partial charge is 0.249 e. The summed E-state index contributed by atoms with van der Waals surface area (Å²) in [6.07, 6.45) is 1.55. The predicted molar refractivity (Wildman–Crippen MR) is 102 cm³/mol. The van der Waals surface area contributed by atoms with Gasteiger partial charge in [0.2, 0.25) is 5.91 Å². The van der Waals surface area contributed by atoms with Gasteiger partial charge in [0, 0.05) is 32.9 Å². The zero-order chi connectivity index (χ0) is 19.4. The summed E-state index contributed by atoms with van der Waals surface area (Å²) in [6.45, 7) is 1.77. The van der Waals surface area contributed by atoms with E-state index in [4.69, 9.17) is 0 Å². The number of nitrogens with one attached hydrogen (secondary N) is 1. The van der Waals surface area contributed by atoms with Crippen molar-refractivity contribution in [3.63, 3.8) is 0 Å². The monoisotopic (exact) mass is 373 g/mol. The molecule has 0 aliphatic carbocycles. The van der Waals surface area contributed by atoms with E-state index in [1.807, 2.05) is 30.3 Å². The number of likely N-dealkylation sites (N-methyl/N-ethyl adjacent to an activating group) is 1. The minimum absolute atomic E-state index is 0.0151. The molecule has 27 heavy (non-hydrogen) atoms. The van der Waals surface area contributed by atoms with Crippen LogP contribution in [0.25, 0.3) is 0 Å². The lowest BCUT2D eigenvalue weighted by Crippen LogP contribution is -2.61. The number of hydrogen-bond acceptors (Lipinski definition) is 3. The summed E-state index contributed by atoms with van der Waals surface area (Å²) < 4.78 is 26.7. The van der Waals surface area contributed by atoms with Crippen LogP contribution in [0.1, 0.15) is 18.4 Å². The number of benzene rings is 2. The highest BCUT2D eigenvalue weighted by atomic mass is 19.2. The van der Waals surface area contributed by atoms with Crippen LogP contribution >= 0.6 is 0 Å². The van der Waals surface area contributed by atoms with Crippen molar-refractivity contribution < 1.29 is 13.6 Å². The van der Waals surface area contributed by atoms with Gasteiger partial charge in [-0.05, 0) is 49.2 Å². The maximum absolute atomic E-state index is 13.5. The van der Waals surface area contributed by atoms with Crippen LogP contribution in [-0.2, 0) is 11.3 Å². The van der Waals surface area contributed by atoms with Crippen molar-refractivity contribution in [1.29, 1.82) is 0 Å². The molecule has 1 unspecified atom stereocenters. The molecule has 3 rings (SSSR count). The van der Waals surface area contributed by atoms with Crippen LogP contribution in [0.5, 0.6) is 0 Å². The minimum atomic E-state index is -0.847. The number of para-hydroxylation sites is 1. The Kier molecular flexibility index (Phi) is 5.75. The van der Waals surface area contributed by atoms with Gasteiger partial charge < -0.3 is 10.2 Å². The third kappa shape index (κ3) is 4.45. The molecule has 0 bridgehead atoms. The van der Waals surface area contributed by atoms with Crippen molar-refractivity contribution in [3.8, 4) is 0 Å². The molecule has 1 amide bonds. The van der Waals surface area contributed by atoms with Gasteiger partial charge in [-0.1, -0.05) is 24.3 Å². The number of nitrogens with zero attached hydrogens (tertiary/aromatic N) is 2. The standard InChI is InChI=1S/C21H25F2N3O/c1-25(2)20(27)21(24-17-7-4-3-5-8-17)11-6-12-26(15-21)14-16-9-10-18(22)19(23)13-16/h3-5,7-10,13,24H,6,11-12,14-15H2,1-2H3. The molecule has 0 saturated carbocycles. The van der Waals surface area contributed by atoms with E-state index < -0.39 is 17.2 Å². The van der Waals surface area contributed by atoms with Crippen molar-refractivity contribution in [2.75, 3.05) is 32.5 Å². The average molecular weight is 373 g/mol. The maximum Gasteiger partial charge on any atom is 0.249 e. The highest BCUT2D eigenvalue weighted by molar-refractivity contribution is 5.89. The van der Waals surface area contributed by atoms with Crippen LogP contribution in [0.15, 0.2) is 48.5 Å². The summed E-state index contributed by atoms with van der Waals surface area (Å²) in [6, 6.07) is 13.6. The van der Waals surface area contributed by atoms with E-state index in [-0.39, 0.29) is 5.91 Å². The highest BCUT2D eigenvalue weighted by Crippen LogP contribution is 2.29. The fourth-order valence-corrected chi connectivity index (χ4v) is 3.73. The molecule has 2 aromatic rings. The molecule has 1 N–H and O–H groups in total. The van der Waals surface area contributed by atoms with Crippen molar-refractivity contribution in [1.82, 2.24) is 9.80 Å². The average Bonchev–Trinajstić information content (AvgIpc) is 2.65. The summed E-state index contributed by atoms with van der Waals surface area (Å²) in [5, 5.41) is 3.44. The van der Waals surface area contributed by atoms with E-state index in [9.17, 15) is 13.6 Å². The summed E-state index contributed by atoms with van der Waals surface area (Å²) in [5.74, 6) is -1.68. The molecule has 1 aliphatic rings. The second-order valence-corrected chi connectivity index (χ2v) is 7.34. The zero-order valence-electron chi connectivity index (χ0n) is 15.7. The number of carbonyl (C=O) groups excluding carboxylic acids is 1. The Morgan fingerprint density at radius 1 is 1.15 bits per heavy atom. The molecule has 0 aromatic heterocycles. The van der Waals surface area contributed by atoms with Gasteiger partial charge in [0.15, 0.2) is 11.6 Å². The van der Waals surface area contributed by atoms with Crippen LogP contribution < -0.4 is 5.32 Å². The van der Waals surface area contributed by atoms with Crippen LogP contribution in [-0.4, -0.2) is 48.4 Å². The normalized spacial score (nSPS) is 20.3. The second-order valence-electron chi connectivity index (χ2n) is 7.34. The van der Waals surface area contributed by atoms with E-state index in [1.54, 1.807) is 25.1 Å². The molecule has 1 fully saturated rings. The van der Waals surface area contributed by atoms with Crippen LogP contribution in [0.4, 0.5) is 14.5 Å². The van der Waals surface area contributed by atoms with Gasteiger partial charge in [0.1, 0.15) is 5.54 Å². The van der Waals surface area contributed by atoms with E-state index in [0.717, 1.165) is 24.7 Å². The number of amides is 1. The van der Waals surface area contributed by atoms with Crippen LogP contribution in [0.3, 0.4) is 0 Å². The van der Waals surface area contributed by atoms with Gasteiger partial charge in [-0.25, -0.2) is 8.78 Å². The van der Waals surface area contributed by atoms with E-state index in [2.05, 4.69) is 10.2 Å². The van der Waals surface area contributed by atoms with Gasteiger partial charge in [-0.2, -0.15) is 0 Å². The zero-order valence-corrected chi connectivity index (χ0v) is 15.7. The lowest BCUT2D eigenvalue weighted by molar-refractivity contribution is -0.135. The van der Waals surface area contributed by atoms with Gasteiger partial charge >= 0.3 is 0 Å². The Morgan fingerprint density at radius 3 is 2.56 bits per heavy atom. The first-order valence-electron chi connectivity index (χ1n) is 9.11. The topological polar surface area (TPSA) is 35.6 Å². The number of rotatable bonds is 5. The number of hydrogen-bond donors (Lipinski definition) is 1. The molecule has 4 nitrogen and oxygen atoms in total. The number of halogens is 2. The van der Waals surface area contributed by atoms with E-state index in [0.29, 0.717) is 25.1 Å². The summed E-state index contributed by atoms with van der Waals surface area (Å²) >= 11 is 0. The molecule has 1 heterocycles. The second kappa shape index (κ2) is 8.05. The Hall–Kier alpha value is -2.47. The maximum atomic E-state index is 13.5. The number of likely N-dealkylation sites (tertiary alicyclic amines) is 1. The van der Waals surface area contributed by atoms with E-state index >= 15 is 0 Å². The number of anilines is 1. The van der Waals surface area contributed by atoms with Crippen molar-refractivity contribution in [2.24, 2.45) is 0 Å². The SMILES string of the molecule is CN(C)C(=O)C1(Nc2ccccc2)CCCN(Cc2ccc(F)c(F)c2)C1. The molecule has 144 valence electrons. The summed E-state index contributed by atoms with van der Waals surface area (Å²) in [5.41, 5.74) is 0.839. The van der Waals surface area contributed by atoms with Gasteiger partial charge in [0.25, 0.3) is 0 Å². The minimum Gasteiger partial charge on any atom is -0.370 e. The van der Waals surface area contributed by atoms with Gasteiger partial charge in [0.05, 0.1) is 0 Å². The van der Waals surface area contributed by atoms with Crippen molar-refractivity contribution in [2.45, 2.75) is 24.9 Å². The lowest BCUT2D eigenvalue weighted by Gasteiger charge is -2.44. The molecule has 6 heteroatoms. The number of piperidine rings is 1. The van der Waals surface area contributed by atoms with Crippen LogP contribution in [0, 0.1) is 11.6 Å². The molecule has 1 saturated heterocycles. The molecular formula is C21H25F2N3O. The van der Waals surface area contributed by atoms with Crippen molar-refractivity contribution in [3.05, 3.63) is 65.7 Å². The Morgan fingerprint density at radius 2 is 1.89 bits per heavy atom. The third-order valence-electron chi connectivity index (χ3n) is 4.93. The Labute approximate surface area is 158 Å². The van der Waals surface area contributed by atoms with Gasteiger partial charge in [-0.3, -0.25) is 9.69 Å². The number of carbonyl (C=O) groups is 1. The van der Waals surface area contributed by atoms with E-state index in [1.165, 1.54) is 6.07 Å².